The average Bonchev–Trinajstić information content (AvgIpc) is 2.88. The summed E-state index contributed by atoms with van der Waals surface area (Å²) >= 11 is 0. The van der Waals surface area contributed by atoms with Crippen LogP contribution in [0.25, 0.3) is 0 Å². The summed E-state index contributed by atoms with van der Waals surface area (Å²) in [4.78, 5) is 15.6. The molecule has 2 fully saturated rings. The third-order valence-corrected chi connectivity index (χ3v) is 8.85. The van der Waals surface area contributed by atoms with Gasteiger partial charge in [0.1, 0.15) is 0 Å². The number of benzene rings is 2. The van der Waals surface area contributed by atoms with Crippen molar-refractivity contribution in [3.8, 4) is 0 Å². The van der Waals surface area contributed by atoms with Crippen LogP contribution in [-0.4, -0.2) is 75.9 Å². The largest absolute Gasteiger partial charge is 0.379 e. The van der Waals surface area contributed by atoms with Crippen molar-refractivity contribution in [2.24, 2.45) is 5.92 Å². The van der Waals surface area contributed by atoms with Crippen molar-refractivity contribution in [1.29, 1.82) is 0 Å². The van der Waals surface area contributed by atoms with Crippen LogP contribution in [0, 0.1) is 12.8 Å². The Bertz CT molecular complexity index is 1100. The molecule has 4 rings (SSSR count). The highest BCUT2D eigenvalue weighted by molar-refractivity contribution is 7.89. The SMILES string of the molecule is Cc1ccc(C(CNCC(=O)c2cccc(S(=O)(=O)N3CCCC(C)C3)c2)N2CCOCC2)cc1. The minimum atomic E-state index is -3.60. The quantitative estimate of drug-likeness (QED) is 0.534. The van der Waals surface area contributed by atoms with Crippen molar-refractivity contribution in [1.82, 2.24) is 14.5 Å². The van der Waals surface area contributed by atoms with E-state index in [1.807, 2.05) is 0 Å². The van der Waals surface area contributed by atoms with Gasteiger partial charge in [-0.25, -0.2) is 8.42 Å². The first-order chi connectivity index (χ1) is 16.8. The Morgan fingerprint density at radius 2 is 1.86 bits per heavy atom. The molecule has 35 heavy (non-hydrogen) atoms. The minimum Gasteiger partial charge on any atom is -0.379 e. The van der Waals surface area contributed by atoms with Gasteiger partial charge in [0.05, 0.1) is 24.7 Å². The van der Waals surface area contributed by atoms with Gasteiger partial charge in [0.25, 0.3) is 0 Å². The number of carbonyl (C=O) groups excluding carboxylic acids is 1. The molecule has 2 aromatic rings. The molecule has 2 heterocycles. The summed E-state index contributed by atoms with van der Waals surface area (Å²) in [5.41, 5.74) is 2.84. The lowest BCUT2D eigenvalue weighted by Crippen LogP contribution is -2.43. The van der Waals surface area contributed by atoms with E-state index in [9.17, 15) is 13.2 Å². The maximum Gasteiger partial charge on any atom is 0.243 e. The zero-order valence-electron chi connectivity index (χ0n) is 20.8. The molecule has 8 heteroatoms. The fourth-order valence-corrected chi connectivity index (χ4v) is 6.55. The second-order valence-corrected chi connectivity index (χ2v) is 11.7. The summed E-state index contributed by atoms with van der Waals surface area (Å²) < 4.78 is 33.4. The van der Waals surface area contributed by atoms with Gasteiger partial charge < -0.3 is 10.1 Å². The van der Waals surface area contributed by atoms with Gasteiger partial charge in [-0.1, -0.05) is 48.9 Å². The Balaban J connectivity index is 1.41. The van der Waals surface area contributed by atoms with Gasteiger partial charge >= 0.3 is 0 Å². The summed E-state index contributed by atoms with van der Waals surface area (Å²) in [5.74, 6) is 0.235. The topological polar surface area (TPSA) is 79.0 Å². The van der Waals surface area contributed by atoms with E-state index in [1.165, 1.54) is 17.2 Å². The third kappa shape index (κ3) is 6.57. The molecule has 0 bridgehead atoms. The predicted molar refractivity (Wildman–Crippen MR) is 137 cm³/mol. The van der Waals surface area contributed by atoms with Gasteiger partial charge in [-0.2, -0.15) is 4.31 Å². The number of aryl methyl sites for hydroxylation is 1. The first-order valence-corrected chi connectivity index (χ1v) is 14.0. The smallest absolute Gasteiger partial charge is 0.243 e. The molecule has 2 unspecified atom stereocenters. The second-order valence-electron chi connectivity index (χ2n) is 9.77. The molecule has 0 aliphatic carbocycles. The number of piperidine rings is 1. The molecule has 2 aliphatic rings. The highest BCUT2D eigenvalue weighted by atomic mass is 32.2. The fraction of sp³-hybridized carbons (Fsp3) is 0.519. The number of sulfonamides is 1. The van der Waals surface area contributed by atoms with Crippen LogP contribution in [0.2, 0.25) is 0 Å². The monoisotopic (exact) mass is 499 g/mol. The van der Waals surface area contributed by atoms with E-state index < -0.39 is 10.0 Å². The molecule has 1 N–H and O–H groups in total. The Labute approximate surface area is 209 Å². The van der Waals surface area contributed by atoms with E-state index in [-0.39, 0.29) is 23.3 Å². The number of Topliss-reactive ketones (excluding diaryl/α,β-unsaturated/α-hetero) is 1. The first-order valence-electron chi connectivity index (χ1n) is 12.6. The van der Waals surface area contributed by atoms with Crippen molar-refractivity contribution in [3.05, 3.63) is 65.2 Å². The van der Waals surface area contributed by atoms with Crippen LogP contribution < -0.4 is 5.32 Å². The van der Waals surface area contributed by atoms with Gasteiger partial charge in [0, 0.05) is 44.3 Å². The van der Waals surface area contributed by atoms with Crippen molar-refractivity contribution in [3.63, 3.8) is 0 Å². The minimum absolute atomic E-state index is 0.112. The first kappa shape index (κ1) is 26.0. The average molecular weight is 500 g/mol. The van der Waals surface area contributed by atoms with Gasteiger partial charge in [-0.15, -0.1) is 0 Å². The van der Waals surface area contributed by atoms with Crippen LogP contribution in [0.1, 0.15) is 47.3 Å². The number of hydrogen-bond donors (Lipinski definition) is 1. The van der Waals surface area contributed by atoms with Crippen LogP contribution in [0.5, 0.6) is 0 Å². The number of rotatable bonds is 9. The van der Waals surface area contributed by atoms with Crippen molar-refractivity contribution in [2.75, 3.05) is 52.5 Å². The third-order valence-electron chi connectivity index (χ3n) is 6.99. The number of ketones is 1. The molecule has 2 saturated heterocycles. The molecule has 0 amide bonds. The molecule has 190 valence electrons. The van der Waals surface area contributed by atoms with Gasteiger partial charge in [0.15, 0.2) is 5.78 Å². The number of hydrogen-bond acceptors (Lipinski definition) is 6. The van der Waals surface area contributed by atoms with Crippen LogP contribution >= 0.6 is 0 Å². The highest BCUT2D eigenvalue weighted by Crippen LogP contribution is 2.25. The van der Waals surface area contributed by atoms with E-state index >= 15 is 0 Å². The Morgan fingerprint density at radius 1 is 1.11 bits per heavy atom. The van der Waals surface area contributed by atoms with Gasteiger partial charge in [-0.05, 0) is 43.4 Å². The molecule has 2 aliphatic heterocycles. The van der Waals surface area contributed by atoms with E-state index in [2.05, 4.69) is 48.3 Å². The fourth-order valence-electron chi connectivity index (χ4n) is 4.90. The number of nitrogens with one attached hydrogen (secondary N) is 1. The Morgan fingerprint density at radius 3 is 2.57 bits per heavy atom. The Kier molecular flexibility index (Phi) is 8.73. The zero-order valence-corrected chi connectivity index (χ0v) is 21.6. The summed E-state index contributed by atoms with van der Waals surface area (Å²) in [5, 5.41) is 3.33. The molecule has 2 atom stereocenters. The number of nitrogens with zero attached hydrogens (tertiary/aromatic N) is 2. The van der Waals surface area contributed by atoms with E-state index in [1.54, 1.807) is 22.5 Å². The summed E-state index contributed by atoms with van der Waals surface area (Å²) in [6.45, 7) is 9.11. The molecule has 0 saturated carbocycles. The van der Waals surface area contributed by atoms with Crippen molar-refractivity contribution < 1.29 is 17.9 Å². The summed E-state index contributed by atoms with van der Waals surface area (Å²) in [6, 6.07) is 15.1. The summed E-state index contributed by atoms with van der Waals surface area (Å²) in [7, 11) is -3.60. The van der Waals surface area contributed by atoms with Gasteiger partial charge in [-0.3, -0.25) is 9.69 Å². The second kappa shape index (κ2) is 11.8. The van der Waals surface area contributed by atoms with Crippen molar-refractivity contribution in [2.45, 2.75) is 37.6 Å². The van der Waals surface area contributed by atoms with Crippen LogP contribution in [0.3, 0.4) is 0 Å². The molecular formula is C27H37N3O4S. The number of morpholine rings is 1. The predicted octanol–water partition coefficient (Wildman–Crippen LogP) is 3.26. The molecular weight excluding hydrogens is 462 g/mol. The van der Waals surface area contributed by atoms with E-state index in [0.29, 0.717) is 44.3 Å². The van der Waals surface area contributed by atoms with E-state index in [0.717, 1.165) is 25.9 Å². The molecule has 0 radical (unpaired) electrons. The molecule has 2 aromatic carbocycles. The lowest BCUT2D eigenvalue weighted by Gasteiger charge is -2.35. The van der Waals surface area contributed by atoms with Gasteiger partial charge in [0.2, 0.25) is 10.0 Å². The zero-order chi connectivity index (χ0) is 24.8. The van der Waals surface area contributed by atoms with Crippen molar-refractivity contribution >= 4 is 15.8 Å². The standard InChI is InChI=1S/C27H37N3O4S/c1-21-8-10-23(11-9-21)26(29-13-15-34-16-14-29)18-28-19-27(31)24-6-3-7-25(17-24)35(32,33)30-12-4-5-22(2)20-30/h3,6-11,17,22,26,28H,4-5,12-16,18-20H2,1-2H3. The molecule has 0 spiro atoms. The molecule has 0 aromatic heterocycles. The van der Waals surface area contributed by atoms with Crippen LogP contribution in [-0.2, 0) is 14.8 Å². The number of ether oxygens (including phenoxy) is 1. The Hall–Kier alpha value is -2.10. The maximum atomic E-state index is 13.2. The highest BCUT2D eigenvalue weighted by Gasteiger charge is 2.29. The summed E-state index contributed by atoms with van der Waals surface area (Å²) in [6.07, 6.45) is 1.92. The lowest BCUT2D eigenvalue weighted by atomic mass is 10.0. The van der Waals surface area contributed by atoms with E-state index in [4.69, 9.17) is 4.74 Å². The number of carbonyl (C=O) groups is 1. The van der Waals surface area contributed by atoms with Crippen LogP contribution in [0.15, 0.2) is 53.4 Å². The molecule has 7 nitrogen and oxygen atoms in total. The normalized spacial score (nSPS) is 21.0. The lowest BCUT2D eigenvalue weighted by molar-refractivity contribution is 0.0162. The maximum absolute atomic E-state index is 13.2. The van der Waals surface area contributed by atoms with Crippen LogP contribution in [0.4, 0.5) is 0 Å².